The van der Waals surface area contributed by atoms with E-state index in [0.29, 0.717) is 17.4 Å². The molecule has 4 rings (SSSR count). The number of pyridine rings is 1. The van der Waals surface area contributed by atoms with Gasteiger partial charge in [0.25, 0.3) is 0 Å². The normalized spacial score (nSPS) is 10.9. The fourth-order valence-electron chi connectivity index (χ4n) is 3.00. The third-order valence-corrected chi connectivity index (χ3v) is 5.83. The maximum Gasteiger partial charge on any atom is 0.191 e. The van der Waals surface area contributed by atoms with Gasteiger partial charge in [-0.1, -0.05) is 59.8 Å². The van der Waals surface area contributed by atoms with E-state index in [4.69, 9.17) is 16.3 Å². The van der Waals surface area contributed by atoms with Crippen molar-refractivity contribution in [1.29, 1.82) is 0 Å². The number of aromatic nitrogens is 4. The van der Waals surface area contributed by atoms with E-state index in [9.17, 15) is 0 Å². The van der Waals surface area contributed by atoms with E-state index in [1.165, 1.54) is 5.56 Å². The van der Waals surface area contributed by atoms with Crippen molar-refractivity contribution in [1.82, 2.24) is 19.7 Å². The lowest BCUT2D eigenvalue weighted by Crippen LogP contribution is -2.04. The van der Waals surface area contributed by atoms with Gasteiger partial charge in [0.1, 0.15) is 18.2 Å². The molecule has 0 fully saturated rings. The second kappa shape index (κ2) is 9.78. The quantitative estimate of drug-likeness (QED) is 0.339. The van der Waals surface area contributed by atoms with Crippen LogP contribution < -0.4 is 4.74 Å². The molecule has 0 amide bonds. The Morgan fingerprint density at radius 2 is 1.83 bits per heavy atom. The number of nitrogens with zero attached hydrogens (tertiary/aromatic N) is 4. The van der Waals surface area contributed by atoms with Gasteiger partial charge in [-0.05, 0) is 36.8 Å². The highest BCUT2D eigenvalue weighted by Gasteiger charge is 2.13. The summed E-state index contributed by atoms with van der Waals surface area (Å²) in [5.74, 6) is 2.37. The van der Waals surface area contributed by atoms with E-state index in [1.807, 2.05) is 55.5 Å². The number of benzene rings is 2. The number of aryl methyl sites for hydroxylation is 1. The summed E-state index contributed by atoms with van der Waals surface area (Å²) in [4.78, 5) is 4.13. The minimum absolute atomic E-state index is 0.455. The summed E-state index contributed by atoms with van der Waals surface area (Å²) in [6, 6.07) is 19.9. The molecule has 4 aromatic rings. The summed E-state index contributed by atoms with van der Waals surface area (Å²) < 4.78 is 8.17. The Morgan fingerprint density at radius 3 is 2.63 bits per heavy atom. The van der Waals surface area contributed by atoms with Crippen molar-refractivity contribution in [2.45, 2.75) is 31.0 Å². The highest BCUT2D eigenvalue weighted by atomic mass is 35.5. The zero-order valence-electron chi connectivity index (χ0n) is 16.5. The van der Waals surface area contributed by atoms with E-state index in [-0.39, 0.29) is 0 Å². The van der Waals surface area contributed by atoms with Crippen molar-refractivity contribution in [2.75, 3.05) is 0 Å². The largest absolute Gasteiger partial charge is 0.489 e. The van der Waals surface area contributed by atoms with Gasteiger partial charge in [-0.15, -0.1) is 10.2 Å². The molecule has 7 heteroatoms. The first-order valence-electron chi connectivity index (χ1n) is 9.56. The molecule has 2 aromatic heterocycles. The van der Waals surface area contributed by atoms with Crippen LogP contribution in [-0.2, 0) is 18.9 Å². The molecule has 2 aromatic carbocycles. The minimum Gasteiger partial charge on any atom is -0.489 e. The van der Waals surface area contributed by atoms with Crippen molar-refractivity contribution >= 4 is 23.4 Å². The van der Waals surface area contributed by atoms with Crippen molar-refractivity contribution in [3.05, 3.63) is 101 Å². The topological polar surface area (TPSA) is 52.8 Å². The van der Waals surface area contributed by atoms with Crippen LogP contribution in [0.5, 0.6) is 5.75 Å². The van der Waals surface area contributed by atoms with Crippen molar-refractivity contribution in [3.63, 3.8) is 0 Å². The van der Waals surface area contributed by atoms with Crippen LogP contribution >= 0.6 is 23.4 Å². The Hall–Kier alpha value is -2.83. The molecule has 0 aliphatic carbocycles. The molecular weight excluding hydrogens is 416 g/mol. The molecule has 0 aliphatic heterocycles. The third kappa shape index (κ3) is 5.20. The van der Waals surface area contributed by atoms with Crippen LogP contribution in [0.25, 0.3) is 0 Å². The Bertz CT molecular complexity index is 1100. The van der Waals surface area contributed by atoms with E-state index >= 15 is 0 Å². The summed E-state index contributed by atoms with van der Waals surface area (Å²) in [5, 5.41) is 10.2. The van der Waals surface area contributed by atoms with Crippen molar-refractivity contribution in [3.8, 4) is 5.75 Å². The molecule has 0 spiro atoms. The van der Waals surface area contributed by atoms with Gasteiger partial charge in [0.15, 0.2) is 5.16 Å². The van der Waals surface area contributed by atoms with Crippen LogP contribution in [0.15, 0.2) is 78.2 Å². The molecule has 0 atom stereocenters. The zero-order chi connectivity index (χ0) is 20.8. The highest BCUT2D eigenvalue weighted by molar-refractivity contribution is 7.98. The average Bonchev–Trinajstić information content (AvgIpc) is 3.12. The molecule has 0 radical (unpaired) electrons. The van der Waals surface area contributed by atoms with Crippen LogP contribution in [-0.4, -0.2) is 19.7 Å². The number of halogens is 1. The molecule has 0 unspecified atom stereocenters. The lowest BCUT2D eigenvalue weighted by Gasteiger charge is -2.13. The Balaban J connectivity index is 1.48. The summed E-state index contributed by atoms with van der Waals surface area (Å²) in [5.41, 5.74) is 3.25. The van der Waals surface area contributed by atoms with Crippen molar-refractivity contribution < 1.29 is 4.74 Å². The van der Waals surface area contributed by atoms with Gasteiger partial charge in [0, 0.05) is 34.3 Å². The summed E-state index contributed by atoms with van der Waals surface area (Å²) in [7, 11) is 0. The summed E-state index contributed by atoms with van der Waals surface area (Å²) >= 11 is 7.87. The minimum atomic E-state index is 0.455. The second-order valence-electron chi connectivity index (χ2n) is 6.79. The monoisotopic (exact) mass is 436 g/mol. The number of ether oxygens (including phenoxy) is 1. The van der Waals surface area contributed by atoms with Crippen LogP contribution in [0.1, 0.15) is 22.5 Å². The van der Waals surface area contributed by atoms with Gasteiger partial charge in [-0.25, -0.2) is 0 Å². The third-order valence-electron chi connectivity index (χ3n) is 4.58. The molecule has 0 saturated carbocycles. The van der Waals surface area contributed by atoms with E-state index in [2.05, 4.69) is 31.9 Å². The van der Waals surface area contributed by atoms with Gasteiger partial charge >= 0.3 is 0 Å². The van der Waals surface area contributed by atoms with Gasteiger partial charge in [0.2, 0.25) is 0 Å². The first-order valence-corrected chi connectivity index (χ1v) is 10.9. The lowest BCUT2D eigenvalue weighted by molar-refractivity contribution is 0.303. The fourth-order valence-corrected chi connectivity index (χ4v) is 4.16. The number of hydrogen-bond acceptors (Lipinski definition) is 5. The molecule has 0 aliphatic rings. The van der Waals surface area contributed by atoms with E-state index < -0.39 is 0 Å². The van der Waals surface area contributed by atoms with Gasteiger partial charge < -0.3 is 9.30 Å². The van der Waals surface area contributed by atoms with Crippen LogP contribution in [0.4, 0.5) is 0 Å². The molecule has 2 heterocycles. The molecule has 0 N–H and O–H groups in total. The zero-order valence-corrected chi connectivity index (χ0v) is 18.1. The predicted molar refractivity (Wildman–Crippen MR) is 120 cm³/mol. The van der Waals surface area contributed by atoms with Crippen LogP contribution in [0.3, 0.4) is 0 Å². The Labute approximate surface area is 185 Å². The standard InChI is InChI=1S/C23H21ClN4OS/c1-17-26-27-23(28(17)14-18-6-3-2-4-7-18)30-16-20-12-21(24)9-10-22(20)29-15-19-8-5-11-25-13-19/h2-13H,14-16H2,1H3. The first kappa shape index (κ1) is 20.4. The number of hydrogen-bond donors (Lipinski definition) is 0. The molecule has 5 nitrogen and oxygen atoms in total. The van der Waals surface area contributed by atoms with E-state index in [0.717, 1.165) is 34.4 Å². The summed E-state index contributed by atoms with van der Waals surface area (Å²) in [6.07, 6.45) is 3.56. The maximum absolute atomic E-state index is 6.25. The van der Waals surface area contributed by atoms with Gasteiger partial charge in [0.05, 0.1) is 6.54 Å². The molecule has 152 valence electrons. The van der Waals surface area contributed by atoms with E-state index in [1.54, 1.807) is 24.2 Å². The van der Waals surface area contributed by atoms with Crippen LogP contribution in [0.2, 0.25) is 5.02 Å². The fraction of sp³-hybridized carbons (Fsp3) is 0.174. The summed E-state index contributed by atoms with van der Waals surface area (Å²) in [6.45, 7) is 3.17. The predicted octanol–water partition coefficient (Wildman–Crippen LogP) is 5.55. The number of thioether (sulfide) groups is 1. The average molecular weight is 437 g/mol. The molecule has 0 bridgehead atoms. The second-order valence-corrected chi connectivity index (χ2v) is 8.17. The van der Waals surface area contributed by atoms with Gasteiger partial charge in [-0.3, -0.25) is 4.98 Å². The molecule has 30 heavy (non-hydrogen) atoms. The Kier molecular flexibility index (Phi) is 6.67. The van der Waals surface area contributed by atoms with Crippen molar-refractivity contribution in [2.24, 2.45) is 0 Å². The smallest absolute Gasteiger partial charge is 0.191 e. The molecular formula is C23H21ClN4OS. The highest BCUT2D eigenvalue weighted by Crippen LogP contribution is 2.30. The SMILES string of the molecule is Cc1nnc(SCc2cc(Cl)ccc2OCc2cccnc2)n1Cc1ccccc1. The first-order chi connectivity index (χ1) is 14.7. The maximum atomic E-state index is 6.25. The molecule has 0 saturated heterocycles. The lowest BCUT2D eigenvalue weighted by atomic mass is 10.2. The Morgan fingerprint density at radius 1 is 1.00 bits per heavy atom. The van der Waals surface area contributed by atoms with Gasteiger partial charge in [-0.2, -0.15) is 0 Å². The number of rotatable bonds is 8. The van der Waals surface area contributed by atoms with Crippen LogP contribution in [0, 0.1) is 6.92 Å².